The van der Waals surface area contributed by atoms with E-state index in [0.717, 1.165) is 58.1 Å². The molecule has 0 saturated carbocycles. The highest BCUT2D eigenvalue weighted by atomic mass is 32.2. The first-order valence-electron chi connectivity index (χ1n) is 13.0. The van der Waals surface area contributed by atoms with Crippen molar-refractivity contribution < 1.29 is 9.47 Å². The number of hydrogen-bond acceptors (Lipinski definition) is 6. The van der Waals surface area contributed by atoms with Gasteiger partial charge in [-0.05, 0) is 73.3 Å². The summed E-state index contributed by atoms with van der Waals surface area (Å²) in [7, 11) is 0. The van der Waals surface area contributed by atoms with Gasteiger partial charge in [-0.15, -0.1) is 0 Å². The van der Waals surface area contributed by atoms with E-state index in [4.69, 9.17) is 9.47 Å². The predicted molar refractivity (Wildman–Crippen MR) is 153 cm³/mol. The molecule has 0 spiro atoms. The first kappa shape index (κ1) is 30.5. The highest BCUT2D eigenvalue weighted by Crippen LogP contribution is 2.60. The average Bonchev–Trinajstić information content (AvgIpc) is 3.16. The van der Waals surface area contributed by atoms with Crippen molar-refractivity contribution in [3.63, 3.8) is 0 Å². The third kappa shape index (κ3) is 8.67. The van der Waals surface area contributed by atoms with E-state index >= 15 is 0 Å². The third-order valence-corrected chi connectivity index (χ3v) is 8.91. The van der Waals surface area contributed by atoms with Crippen LogP contribution in [-0.4, -0.2) is 13.2 Å². The van der Waals surface area contributed by atoms with Gasteiger partial charge >= 0.3 is 0 Å². The maximum atomic E-state index is 9.48. The second-order valence-electron chi connectivity index (χ2n) is 12.7. The van der Waals surface area contributed by atoms with Gasteiger partial charge in [0.1, 0.15) is 29.2 Å². The highest BCUT2D eigenvalue weighted by molar-refractivity contribution is 8.24. The summed E-state index contributed by atoms with van der Waals surface area (Å²) < 4.78 is 13.5. The van der Waals surface area contributed by atoms with E-state index < -0.39 is 0 Å². The number of nitrogens with zero attached hydrogens (tertiary/aromatic N) is 2. The molecule has 0 N–H and O–H groups in total. The maximum absolute atomic E-state index is 9.48. The summed E-state index contributed by atoms with van der Waals surface area (Å²) in [6, 6.07) is 4.10. The summed E-state index contributed by atoms with van der Waals surface area (Å²) in [5.74, 6) is 2.86. The molecule has 4 nitrogen and oxygen atoms in total. The molecule has 0 aromatic heterocycles. The molecule has 2 unspecified atom stereocenters. The molecule has 36 heavy (non-hydrogen) atoms. The fourth-order valence-electron chi connectivity index (χ4n) is 4.86. The average molecular weight is 529 g/mol. The van der Waals surface area contributed by atoms with Gasteiger partial charge < -0.3 is 9.47 Å². The molecule has 2 atom stereocenters. The number of benzene rings is 1. The zero-order valence-electron chi connectivity index (χ0n) is 23.9. The number of thioether (sulfide) groups is 2. The van der Waals surface area contributed by atoms with Gasteiger partial charge in [0.2, 0.25) is 0 Å². The predicted octanol–water partition coefficient (Wildman–Crippen LogP) is 9.44. The van der Waals surface area contributed by atoms with Gasteiger partial charge in [-0.25, -0.2) is 0 Å². The first-order chi connectivity index (χ1) is 16.7. The summed E-state index contributed by atoms with van der Waals surface area (Å²) in [6.07, 6.45) is 4.27. The van der Waals surface area contributed by atoms with Crippen LogP contribution in [0.2, 0.25) is 0 Å². The van der Waals surface area contributed by atoms with Crippen molar-refractivity contribution in [2.24, 2.45) is 22.7 Å². The normalized spacial score (nSPS) is 15.1. The maximum Gasteiger partial charge on any atom is 0.150 e. The Hall–Kier alpha value is -1.76. The molecule has 6 heteroatoms. The van der Waals surface area contributed by atoms with Crippen LogP contribution in [0.4, 0.5) is 0 Å². The molecule has 2 rings (SSSR count). The minimum Gasteiger partial charge on any atom is -0.492 e. The van der Waals surface area contributed by atoms with Crippen molar-refractivity contribution in [1.29, 1.82) is 10.5 Å². The molecular formula is C30H44N2O2S2. The fraction of sp³-hybridized carbons (Fsp3) is 0.667. The molecule has 1 heterocycles. The third-order valence-electron chi connectivity index (χ3n) is 6.32. The van der Waals surface area contributed by atoms with Crippen LogP contribution in [0.3, 0.4) is 0 Å². The zero-order valence-corrected chi connectivity index (χ0v) is 25.6. The van der Waals surface area contributed by atoms with Gasteiger partial charge in [-0.1, -0.05) is 78.9 Å². The van der Waals surface area contributed by atoms with Crippen LogP contribution >= 0.6 is 23.5 Å². The molecular weight excluding hydrogens is 484 g/mol. The molecule has 0 aliphatic carbocycles. The number of allylic oxidation sites excluding steroid dienone is 1. The van der Waals surface area contributed by atoms with E-state index in [0.29, 0.717) is 40.1 Å². The molecule has 0 amide bonds. The summed E-state index contributed by atoms with van der Waals surface area (Å²) in [5, 5.41) is 19.0. The van der Waals surface area contributed by atoms with E-state index in [1.807, 2.05) is 0 Å². The molecule has 1 aromatic rings. The lowest BCUT2D eigenvalue weighted by Gasteiger charge is -2.25. The Balaban J connectivity index is 2.30. The number of ether oxygens (including phenoxy) is 2. The van der Waals surface area contributed by atoms with Crippen LogP contribution in [0.15, 0.2) is 19.6 Å². The molecule has 0 bridgehead atoms. The van der Waals surface area contributed by atoms with Crippen molar-refractivity contribution >= 4 is 23.5 Å². The molecule has 1 aliphatic rings. The Labute approximate surface area is 228 Å². The summed E-state index contributed by atoms with van der Waals surface area (Å²) in [4.78, 5) is 1.95. The zero-order chi connectivity index (χ0) is 27.3. The monoisotopic (exact) mass is 528 g/mol. The lowest BCUT2D eigenvalue weighted by Crippen LogP contribution is -2.14. The molecule has 0 saturated heterocycles. The van der Waals surface area contributed by atoms with Gasteiger partial charge in [0, 0.05) is 0 Å². The lowest BCUT2D eigenvalue weighted by atomic mass is 9.84. The number of hydrogen-bond donors (Lipinski definition) is 0. The largest absolute Gasteiger partial charge is 0.492 e. The van der Waals surface area contributed by atoms with Crippen molar-refractivity contribution in [2.75, 3.05) is 13.2 Å². The Bertz CT molecular complexity index is 968. The van der Waals surface area contributed by atoms with Gasteiger partial charge in [-0.2, -0.15) is 10.5 Å². The van der Waals surface area contributed by atoms with Crippen molar-refractivity contribution in [2.45, 2.75) is 105 Å². The second kappa shape index (κ2) is 12.7. The molecule has 1 aromatic carbocycles. The molecule has 198 valence electrons. The van der Waals surface area contributed by atoms with Gasteiger partial charge in [0.25, 0.3) is 0 Å². The van der Waals surface area contributed by atoms with Gasteiger partial charge in [0.15, 0.2) is 0 Å². The van der Waals surface area contributed by atoms with Crippen LogP contribution in [-0.2, 0) is 0 Å². The van der Waals surface area contributed by atoms with Crippen LogP contribution in [0.1, 0.15) is 92.2 Å². The molecule has 0 fully saturated rings. The molecule has 0 radical (unpaired) electrons. The quantitative estimate of drug-likeness (QED) is 0.282. The Morgan fingerprint density at radius 3 is 1.42 bits per heavy atom. The number of rotatable bonds is 10. The van der Waals surface area contributed by atoms with E-state index in [9.17, 15) is 10.5 Å². The van der Waals surface area contributed by atoms with E-state index in [-0.39, 0.29) is 5.57 Å². The minimum absolute atomic E-state index is 0.144. The topological polar surface area (TPSA) is 66.0 Å². The first-order valence-corrected chi connectivity index (χ1v) is 14.6. The summed E-state index contributed by atoms with van der Waals surface area (Å²) in [5.41, 5.74) is 2.88. The van der Waals surface area contributed by atoms with Crippen LogP contribution in [0.25, 0.3) is 0 Å². The molecule has 1 aliphatic heterocycles. The lowest BCUT2D eigenvalue weighted by molar-refractivity contribution is 0.229. The summed E-state index contributed by atoms with van der Waals surface area (Å²) in [6.45, 7) is 23.7. The number of fused-ring (bicyclic) bond motifs is 1. The van der Waals surface area contributed by atoms with Crippen LogP contribution < -0.4 is 9.47 Å². The van der Waals surface area contributed by atoms with Crippen LogP contribution in [0, 0.1) is 59.2 Å². The van der Waals surface area contributed by atoms with Crippen LogP contribution in [0.5, 0.6) is 11.5 Å². The summed E-state index contributed by atoms with van der Waals surface area (Å²) >= 11 is 2.93. The van der Waals surface area contributed by atoms with E-state index in [2.05, 4.69) is 81.4 Å². The van der Waals surface area contributed by atoms with E-state index in [1.165, 1.54) is 23.5 Å². The van der Waals surface area contributed by atoms with Crippen molar-refractivity contribution in [1.82, 2.24) is 0 Å². The van der Waals surface area contributed by atoms with Crippen molar-refractivity contribution in [3.05, 3.63) is 20.9 Å². The highest BCUT2D eigenvalue weighted by Gasteiger charge is 2.32. The Kier molecular flexibility index (Phi) is 10.7. The SMILES string of the molecule is Cc1c(C)c(OCCC(C)CC(C)(C)C)c2c(c1OCCC(C)CC(C)(C)C)SC(=C(C#N)C#N)S2. The Morgan fingerprint density at radius 2 is 1.11 bits per heavy atom. The van der Waals surface area contributed by atoms with Gasteiger partial charge in [-0.3, -0.25) is 0 Å². The number of nitriles is 2. The van der Waals surface area contributed by atoms with E-state index in [1.54, 1.807) is 0 Å². The minimum atomic E-state index is 0.144. The Morgan fingerprint density at radius 1 is 0.750 bits per heavy atom. The van der Waals surface area contributed by atoms with Crippen molar-refractivity contribution in [3.8, 4) is 23.6 Å². The second-order valence-corrected chi connectivity index (χ2v) is 15.0. The standard InChI is InChI=1S/C30H44N2O2S2/c1-19(15-29(5,6)7)11-13-33-24-21(3)22(4)25(34-14-12-20(2)16-30(8,9)10)27-26(24)35-28(36-27)23(17-31)18-32/h19-20H,11-16H2,1-10H3. The smallest absolute Gasteiger partial charge is 0.150 e. The van der Waals surface area contributed by atoms with Gasteiger partial charge in [0.05, 0.1) is 27.2 Å². The fourth-order valence-corrected chi connectivity index (χ4v) is 7.52.